The zero-order valence-corrected chi connectivity index (χ0v) is 17.5. The lowest BCUT2D eigenvalue weighted by molar-refractivity contribution is -0.156. The SMILES string of the molecule is C[C@@H](CCC(=O)O)[C@H]1CC[C@@H]2[C@@H]3C(=O)C[C@@H]4CCCC[C@]4(C)[C@H]3CC[C@@]21C. The van der Waals surface area contributed by atoms with E-state index in [9.17, 15) is 9.59 Å². The van der Waals surface area contributed by atoms with Gasteiger partial charge in [-0.2, -0.15) is 0 Å². The van der Waals surface area contributed by atoms with E-state index in [0.717, 1.165) is 12.8 Å². The molecule has 0 saturated heterocycles. The van der Waals surface area contributed by atoms with E-state index in [1.165, 1.54) is 51.4 Å². The molecule has 4 rings (SSSR count). The lowest BCUT2D eigenvalue weighted by Gasteiger charge is -2.60. The third kappa shape index (κ3) is 2.99. The van der Waals surface area contributed by atoms with Crippen LogP contribution in [-0.4, -0.2) is 16.9 Å². The van der Waals surface area contributed by atoms with Crippen molar-refractivity contribution in [2.75, 3.05) is 0 Å². The highest BCUT2D eigenvalue weighted by Crippen LogP contribution is 2.67. The number of carbonyl (C=O) groups is 2. The fraction of sp³-hybridized carbons (Fsp3) is 0.917. The van der Waals surface area contributed by atoms with Crippen LogP contribution in [0.4, 0.5) is 0 Å². The third-order valence-electron chi connectivity index (χ3n) is 9.96. The molecule has 27 heavy (non-hydrogen) atoms. The summed E-state index contributed by atoms with van der Waals surface area (Å²) < 4.78 is 0. The van der Waals surface area contributed by atoms with Crippen molar-refractivity contribution in [3.63, 3.8) is 0 Å². The molecule has 0 amide bonds. The minimum atomic E-state index is -0.677. The van der Waals surface area contributed by atoms with Gasteiger partial charge < -0.3 is 5.11 Å². The maximum atomic E-state index is 13.3. The molecule has 4 saturated carbocycles. The molecule has 0 heterocycles. The van der Waals surface area contributed by atoms with Crippen LogP contribution in [0.25, 0.3) is 0 Å². The van der Waals surface area contributed by atoms with E-state index in [1.807, 2.05) is 0 Å². The summed E-state index contributed by atoms with van der Waals surface area (Å²) in [6, 6.07) is 0. The summed E-state index contributed by atoms with van der Waals surface area (Å²) in [6.07, 6.45) is 12.0. The molecule has 0 bridgehead atoms. The Bertz CT molecular complexity index is 613. The first-order chi connectivity index (χ1) is 12.8. The van der Waals surface area contributed by atoms with E-state index in [4.69, 9.17) is 5.11 Å². The highest BCUT2D eigenvalue weighted by molar-refractivity contribution is 5.83. The topological polar surface area (TPSA) is 54.4 Å². The lowest BCUT2D eigenvalue weighted by atomic mass is 9.44. The predicted octanol–water partition coefficient (Wildman–Crippen LogP) is 5.72. The van der Waals surface area contributed by atoms with Crippen LogP contribution in [0.1, 0.15) is 91.4 Å². The number of fused-ring (bicyclic) bond motifs is 5. The molecule has 4 aliphatic carbocycles. The zero-order chi connectivity index (χ0) is 19.4. The molecule has 0 radical (unpaired) electrons. The second kappa shape index (κ2) is 6.88. The number of aliphatic carboxylic acids is 1. The summed E-state index contributed by atoms with van der Waals surface area (Å²) >= 11 is 0. The van der Waals surface area contributed by atoms with E-state index in [0.29, 0.717) is 46.7 Å². The molecule has 4 aliphatic rings. The molecule has 3 nitrogen and oxygen atoms in total. The lowest BCUT2D eigenvalue weighted by Crippen LogP contribution is -2.56. The molecule has 0 aromatic heterocycles. The summed E-state index contributed by atoms with van der Waals surface area (Å²) in [5.41, 5.74) is 0.637. The van der Waals surface area contributed by atoms with Crippen LogP contribution in [0.5, 0.6) is 0 Å². The van der Waals surface area contributed by atoms with Gasteiger partial charge in [0.05, 0.1) is 0 Å². The van der Waals surface area contributed by atoms with Crippen molar-refractivity contribution in [2.24, 2.45) is 46.3 Å². The fourth-order valence-corrected chi connectivity index (χ4v) is 8.49. The Kier molecular flexibility index (Phi) is 4.96. The van der Waals surface area contributed by atoms with Gasteiger partial charge in [-0.1, -0.05) is 33.6 Å². The molecule has 0 unspecified atom stereocenters. The smallest absolute Gasteiger partial charge is 0.303 e. The maximum absolute atomic E-state index is 13.3. The van der Waals surface area contributed by atoms with E-state index >= 15 is 0 Å². The minimum Gasteiger partial charge on any atom is -0.481 e. The molecule has 152 valence electrons. The van der Waals surface area contributed by atoms with Crippen LogP contribution in [-0.2, 0) is 9.59 Å². The van der Waals surface area contributed by atoms with E-state index in [2.05, 4.69) is 20.8 Å². The second-order valence-corrected chi connectivity index (χ2v) is 11.0. The summed E-state index contributed by atoms with van der Waals surface area (Å²) in [7, 11) is 0. The van der Waals surface area contributed by atoms with Gasteiger partial charge in [0.1, 0.15) is 5.78 Å². The van der Waals surface area contributed by atoms with E-state index < -0.39 is 5.97 Å². The van der Waals surface area contributed by atoms with Crippen molar-refractivity contribution in [2.45, 2.75) is 91.4 Å². The molecule has 0 spiro atoms. The number of Topliss-reactive ketones (excluding diaryl/α,β-unsaturated/α-hetero) is 1. The highest BCUT2D eigenvalue weighted by atomic mass is 16.4. The van der Waals surface area contributed by atoms with Crippen molar-refractivity contribution in [1.82, 2.24) is 0 Å². The molecular formula is C24H38O3. The van der Waals surface area contributed by atoms with Gasteiger partial charge >= 0.3 is 5.97 Å². The fourth-order valence-electron chi connectivity index (χ4n) is 8.49. The van der Waals surface area contributed by atoms with Crippen LogP contribution in [0, 0.1) is 46.3 Å². The summed E-state index contributed by atoms with van der Waals surface area (Å²) in [5.74, 6) is 3.02. The van der Waals surface area contributed by atoms with Crippen LogP contribution >= 0.6 is 0 Å². The van der Waals surface area contributed by atoms with Gasteiger partial charge in [0.2, 0.25) is 0 Å². The van der Waals surface area contributed by atoms with E-state index in [-0.39, 0.29) is 11.8 Å². The summed E-state index contributed by atoms with van der Waals surface area (Å²) in [5, 5.41) is 9.08. The predicted molar refractivity (Wildman–Crippen MR) is 106 cm³/mol. The van der Waals surface area contributed by atoms with Crippen molar-refractivity contribution in [3.05, 3.63) is 0 Å². The van der Waals surface area contributed by atoms with Crippen LogP contribution in [0.2, 0.25) is 0 Å². The number of rotatable bonds is 4. The second-order valence-electron chi connectivity index (χ2n) is 11.0. The Hall–Kier alpha value is -0.860. The van der Waals surface area contributed by atoms with Crippen LogP contribution in [0.3, 0.4) is 0 Å². The normalized spacial score (nSPS) is 47.7. The minimum absolute atomic E-state index is 0.243. The Morgan fingerprint density at radius 2 is 1.81 bits per heavy atom. The molecule has 0 aromatic rings. The molecule has 0 aliphatic heterocycles. The number of hydrogen-bond donors (Lipinski definition) is 1. The molecule has 0 aromatic carbocycles. The van der Waals surface area contributed by atoms with Crippen molar-refractivity contribution >= 4 is 11.8 Å². The van der Waals surface area contributed by atoms with Gasteiger partial charge in [-0.05, 0) is 85.4 Å². The van der Waals surface area contributed by atoms with Crippen molar-refractivity contribution in [1.29, 1.82) is 0 Å². The van der Waals surface area contributed by atoms with Crippen molar-refractivity contribution in [3.8, 4) is 0 Å². The first-order valence-corrected chi connectivity index (χ1v) is 11.5. The Balaban J connectivity index is 1.57. The monoisotopic (exact) mass is 374 g/mol. The van der Waals surface area contributed by atoms with E-state index in [1.54, 1.807) is 0 Å². The van der Waals surface area contributed by atoms with Crippen LogP contribution in [0.15, 0.2) is 0 Å². The average Bonchev–Trinajstić information content (AvgIpc) is 2.97. The Morgan fingerprint density at radius 1 is 1.07 bits per heavy atom. The molecule has 8 atom stereocenters. The van der Waals surface area contributed by atoms with Gasteiger partial charge in [-0.25, -0.2) is 0 Å². The first kappa shape index (κ1) is 19.5. The average molecular weight is 375 g/mol. The van der Waals surface area contributed by atoms with Gasteiger partial charge in [0.25, 0.3) is 0 Å². The molecule has 4 fully saturated rings. The Labute approximate surface area is 164 Å². The number of hydrogen-bond acceptors (Lipinski definition) is 2. The van der Waals surface area contributed by atoms with Crippen LogP contribution < -0.4 is 0 Å². The van der Waals surface area contributed by atoms with Gasteiger partial charge in [-0.15, -0.1) is 0 Å². The largest absolute Gasteiger partial charge is 0.481 e. The van der Waals surface area contributed by atoms with Gasteiger partial charge in [-0.3, -0.25) is 9.59 Å². The summed E-state index contributed by atoms with van der Waals surface area (Å²) in [4.78, 5) is 24.4. The van der Waals surface area contributed by atoms with Gasteiger partial charge in [0, 0.05) is 18.8 Å². The summed E-state index contributed by atoms with van der Waals surface area (Å²) in [6.45, 7) is 7.23. The van der Waals surface area contributed by atoms with Crippen molar-refractivity contribution < 1.29 is 14.7 Å². The maximum Gasteiger partial charge on any atom is 0.303 e. The molecule has 3 heteroatoms. The standard InChI is InChI=1S/C24H38O3/c1-15(7-10-21(26)27)17-8-9-18-22-19(11-13-24(17,18)3)23(2)12-5-4-6-16(23)14-20(22)25/h15-19,22H,4-14H2,1-3H3,(H,26,27)/t15-,16-,17+,18+,19-,22-,23-,24+/m0/s1. The zero-order valence-electron chi connectivity index (χ0n) is 17.5. The highest BCUT2D eigenvalue weighted by Gasteiger charge is 2.62. The number of carbonyl (C=O) groups excluding carboxylic acids is 1. The molecular weight excluding hydrogens is 336 g/mol. The first-order valence-electron chi connectivity index (χ1n) is 11.5. The number of carboxylic acids is 1. The Morgan fingerprint density at radius 3 is 2.56 bits per heavy atom. The third-order valence-corrected chi connectivity index (χ3v) is 9.96. The quantitative estimate of drug-likeness (QED) is 0.685. The number of ketones is 1. The van der Waals surface area contributed by atoms with Gasteiger partial charge in [0.15, 0.2) is 0 Å². The molecule has 1 N–H and O–H groups in total. The number of carboxylic acid groups (broad SMARTS) is 1.